The van der Waals surface area contributed by atoms with Crippen LogP contribution in [0.1, 0.15) is 0 Å². The van der Waals surface area contributed by atoms with Crippen molar-refractivity contribution in [1.82, 2.24) is 9.97 Å². The lowest BCUT2D eigenvalue weighted by Gasteiger charge is -1.87. The second kappa shape index (κ2) is 4.20. The Morgan fingerprint density at radius 3 is 1.52 bits per heavy atom. The van der Waals surface area contributed by atoms with Crippen molar-refractivity contribution in [2.75, 3.05) is 0 Å². The van der Waals surface area contributed by atoms with Gasteiger partial charge in [0.2, 0.25) is 0 Å². The van der Waals surface area contributed by atoms with Crippen molar-refractivity contribution >= 4 is 33.4 Å². The number of benzene rings is 2. The number of imidazole rings is 2. The lowest BCUT2D eigenvalue weighted by Crippen LogP contribution is -3.00. The summed E-state index contributed by atoms with van der Waals surface area (Å²) in [6.45, 7) is 0. The van der Waals surface area contributed by atoms with Gasteiger partial charge in [-0.05, 0) is 24.3 Å². The lowest BCUT2D eigenvalue weighted by atomic mass is 10.3. The quantitative estimate of drug-likeness (QED) is 0.349. The highest BCUT2D eigenvalue weighted by Crippen LogP contribution is 2.12. The molecule has 0 saturated carbocycles. The molecule has 2 N–H and O–H groups in total. The number of nitrogens with zero attached hydrogens (tertiary/aromatic N) is 2. The fourth-order valence-electron chi connectivity index (χ4n) is 2.95. The molecule has 5 rings (SSSR count). The Labute approximate surface area is 126 Å². The van der Waals surface area contributed by atoms with Crippen LogP contribution in [0.25, 0.3) is 33.4 Å². The molecule has 0 bridgehead atoms. The molecular formula is C16H12ClN4+. The van der Waals surface area contributed by atoms with E-state index < -0.39 is 0 Å². The largest absolute Gasteiger partial charge is 1.00 e. The smallest absolute Gasteiger partial charge is 0.325 e. The third kappa shape index (κ3) is 1.56. The zero-order valence-corrected chi connectivity index (χ0v) is 11.8. The van der Waals surface area contributed by atoms with Crippen LogP contribution in [0.5, 0.6) is 0 Å². The molecule has 5 heteroatoms. The molecule has 0 fully saturated rings. The molecule has 2 aromatic carbocycles. The van der Waals surface area contributed by atoms with Gasteiger partial charge in [-0.2, -0.15) is 8.80 Å². The van der Waals surface area contributed by atoms with Crippen LogP contribution >= 0.6 is 0 Å². The van der Waals surface area contributed by atoms with E-state index in [1.807, 2.05) is 12.1 Å². The molecule has 3 aromatic heterocycles. The van der Waals surface area contributed by atoms with Gasteiger partial charge in [0.15, 0.2) is 34.5 Å². The number of fused-ring (bicyclic) bond motifs is 6. The maximum atomic E-state index is 3.45. The topological polar surface area (TPSA) is 39.8 Å². The number of halogens is 1. The molecule has 0 atom stereocenters. The molecule has 0 unspecified atom stereocenters. The minimum atomic E-state index is 0. The van der Waals surface area contributed by atoms with E-state index in [1.165, 1.54) is 11.0 Å². The second-order valence-electron chi connectivity index (χ2n) is 5.05. The van der Waals surface area contributed by atoms with E-state index in [0.717, 1.165) is 22.3 Å². The molecule has 0 spiro atoms. The van der Waals surface area contributed by atoms with Crippen LogP contribution in [0.15, 0.2) is 60.9 Å². The SMILES string of the molecule is [Cl-].c1ccc2c(c1)[nH]c1c[n+]3c(c[n+]12)[nH]c1ccccc13. The first-order valence-corrected chi connectivity index (χ1v) is 6.64. The van der Waals surface area contributed by atoms with Crippen molar-refractivity contribution in [3.63, 3.8) is 0 Å². The van der Waals surface area contributed by atoms with Crippen molar-refractivity contribution < 1.29 is 21.2 Å². The van der Waals surface area contributed by atoms with E-state index in [2.05, 4.69) is 67.6 Å². The predicted octanol–water partition coefficient (Wildman–Crippen LogP) is -0.869. The summed E-state index contributed by atoms with van der Waals surface area (Å²) in [4.78, 5) is 6.91. The van der Waals surface area contributed by atoms with Gasteiger partial charge in [-0.3, -0.25) is 0 Å². The minimum absolute atomic E-state index is 0. The van der Waals surface area contributed by atoms with Crippen LogP contribution in [0.2, 0.25) is 0 Å². The van der Waals surface area contributed by atoms with Crippen molar-refractivity contribution in [1.29, 1.82) is 0 Å². The number of hydrogen-bond donors (Lipinski definition) is 2. The summed E-state index contributed by atoms with van der Waals surface area (Å²) in [7, 11) is 0. The van der Waals surface area contributed by atoms with Crippen LogP contribution in [-0.4, -0.2) is 9.97 Å². The Morgan fingerprint density at radius 1 is 0.619 bits per heavy atom. The highest BCUT2D eigenvalue weighted by Gasteiger charge is 2.19. The van der Waals surface area contributed by atoms with Crippen LogP contribution in [0, 0.1) is 0 Å². The van der Waals surface area contributed by atoms with Gasteiger partial charge in [-0.25, -0.2) is 9.97 Å². The maximum Gasteiger partial charge on any atom is 0.325 e. The molecule has 0 aliphatic rings. The summed E-state index contributed by atoms with van der Waals surface area (Å²) in [6, 6.07) is 16.7. The zero-order chi connectivity index (χ0) is 13.1. The number of hydrogen-bond acceptors (Lipinski definition) is 0. The van der Waals surface area contributed by atoms with E-state index in [-0.39, 0.29) is 12.4 Å². The van der Waals surface area contributed by atoms with Crippen molar-refractivity contribution in [2.24, 2.45) is 0 Å². The van der Waals surface area contributed by atoms with Gasteiger partial charge >= 0.3 is 11.3 Å². The number of rotatable bonds is 0. The van der Waals surface area contributed by atoms with Gasteiger partial charge in [-0.15, -0.1) is 0 Å². The summed E-state index contributed by atoms with van der Waals surface area (Å²) in [5, 5.41) is 0. The molecule has 5 aromatic rings. The molecule has 4 nitrogen and oxygen atoms in total. The number of para-hydroxylation sites is 4. The van der Waals surface area contributed by atoms with E-state index in [1.54, 1.807) is 0 Å². The number of aromatic amines is 2. The van der Waals surface area contributed by atoms with Gasteiger partial charge in [0.1, 0.15) is 0 Å². The fourth-order valence-corrected chi connectivity index (χ4v) is 2.95. The standard InChI is InChI=1S/C16H11N4.ClH/c1-3-7-13-11(5-1)17-15-9-20-14-8-4-2-6-12(14)18-16(20)10-19(13)15;/h1-10H,(H,17,18);1H/q+1;. The fraction of sp³-hybridized carbons (Fsp3) is 0. The molecule has 0 amide bonds. The van der Waals surface area contributed by atoms with Crippen molar-refractivity contribution in [3.05, 3.63) is 60.9 Å². The average molecular weight is 296 g/mol. The first-order chi connectivity index (χ1) is 9.90. The third-order valence-corrected chi connectivity index (χ3v) is 3.87. The lowest BCUT2D eigenvalue weighted by molar-refractivity contribution is -0.534. The predicted molar refractivity (Wildman–Crippen MR) is 76.5 cm³/mol. The summed E-state index contributed by atoms with van der Waals surface area (Å²) in [5.41, 5.74) is 6.81. The Balaban J connectivity index is 0.00000115. The molecule has 0 aliphatic carbocycles. The maximum absolute atomic E-state index is 3.45. The van der Waals surface area contributed by atoms with Gasteiger partial charge < -0.3 is 12.4 Å². The summed E-state index contributed by atoms with van der Waals surface area (Å²) < 4.78 is 4.36. The van der Waals surface area contributed by atoms with Crippen LogP contribution in [0.3, 0.4) is 0 Å². The summed E-state index contributed by atoms with van der Waals surface area (Å²) >= 11 is 0. The molecule has 0 saturated heterocycles. The highest BCUT2D eigenvalue weighted by atomic mass is 35.5. The Hall–Kier alpha value is -2.59. The van der Waals surface area contributed by atoms with E-state index in [4.69, 9.17) is 0 Å². The van der Waals surface area contributed by atoms with Crippen molar-refractivity contribution in [2.45, 2.75) is 0 Å². The van der Waals surface area contributed by atoms with Crippen LogP contribution in [-0.2, 0) is 0 Å². The Morgan fingerprint density at radius 2 is 1.05 bits per heavy atom. The number of H-pyrrole nitrogens is 2. The van der Waals surface area contributed by atoms with E-state index >= 15 is 0 Å². The first-order valence-electron chi connectivity index (χ1n) is 6.64. The van der Waals surface area contributed by atoms with Gasteiger partial charge in [0.25, 0.3) is 0 Å². The first kappa shape index (κ1) is 12.2. The zero-order valence-electron chi connectivity index (χ0n) is 11.0. The second-order valence-corrected chi connectivity index (χ2v) is 5.05. The van der Waals surface area contributed by atoms with Gasteiger partial charge in [-0.1, -0.05) is 24.3 Å². The molecule has 0 radical (unpaired) electrons. The van der Waals surface area contributed by atoms with E-state index in [9.17, 15) is 0 Å². The summed E-state index contributed by atoms with van der Waals surface area (Å²) in [6.07, 6.45) is 4.27. The Bertz CT molecular complexity index is 1020. The number of aromatic nitrogens is 4. The number of nitrogens with one attached hydrogen (secondary N) is 2. The molecular weight excluding hydrogens is 284 g/mol. The van der Waals surface area contributed by atoms with Crippen molar-refractivity contribution in [3.8, 4) is 0 Å². The molecule has 21 heavy (non-hydrogen) atoms. The average Bonchev–Trinajstić information content (AvgIpc) is 3.02. The Kier molecular flexibility index (Phi) is 2.43. The third-order valence-electron chi connectivity index (χ3n) is 3.87. The molecule has 0 aliphatic heterocycles. The summed E-state index contributed by atoms with van der Waals surface area (Å²) in [5.74, 6) is 0. The molecule has 102 valence electrons. The minimum Gasteiger partial charge on any atom is -1.00 e. The van der Waals surface area contributed by atoms with Crippen LogP contribution in [0.4, 0.5) is 0 Å². The monoisotopic (exact) mass is 295 g/mol. The highest BCUT2D eigenvalue weighted by molar-refractivity contribution is 5.76. The van der Waals surface area contributed by atoms with Gasteiger partial charge in [0.05, 0.1) is 0 Å². The molecule has 3 heterocycles. The van der Waals surface area contributed by atoms with Crippen LogP contribution < -0.4 is 21.2 Å². The normalized spacial score (nSPS) is 11.4. The van der Waals surface area contributed by atoms with Gasteiger partial charge in [0, 0.05) is 0 Å². The van der Waals surface area contributed by atoms with E-state index in [0.29, 0.717) is 0 Å².